The Morgan fingerprint density at radius 1 is 1.32 bits per heavy atom. The van der Waals surface area contributed by atoms with Crippen LogP contribution in [0.25, 0.3) is 10.9 Å². The molecule has 25 heavy (non-hydrogen) atoms. The first-order chi connectivity index (χ1) is 12.0. The number of anilines is 1. The van der Waals surface area contributed by atoms with Crippen LogP contribution in [-0.4, -0.2) is 20.9 Å². The molecule has 7 heteroatoms. The molecule has 0 radical (unpaired) electrons. The van der Waals surface area contributed by atoms with E-state index >= 15 is 0 Å². The van der Waals surface area contributed by atoms with Gasteiger partial charge in [-0.3, -0.25) is 14.9 Å². The summed E-state index contributed by atoms with van der Waals surface area (Å²) >= 11 is 0. The molecule has 0 unspecified atom stereocenters. The number of nitrogens with zero attached hydrogens (tertiary/aromatic N) is 2. The standard InChI is InChI=1S/C18H16N4O3/c1-18(11-5-3-2-4-6-11)9-16(18)21-14-8-13-12(7-15(14)22(24)25)17(23)20-10-19-13/h2-8,10,16,21H,9H2,1H3,(H,19,20,23)/t16-,18-/m0/s1. The molecule has 1 aromatic heterocycles. The van der Waals surface area contributed by atoms with Crippen LogP contribution < -0.4 is 10.9 Å². The summed E-state index contributed by atoms with van der Waals surface area (Å²) in [6, 6.07) is 13.0. The Labute approximate surface area is 142 Å². The summed E-state index contributed by atoms with van der Waals surface area (Å²) in [5, 5.41) is 14.9. The number of benzene rings is 2. The van der Waals surface area contributed by atoms with Gasteiger partial charge in [0.1, 0.15) is 5.69 Å². The summed E-state index contributed by atoms with van der Waals surface area (Å²) in [5.41, 5.74) is 1.45. The normalized spacial score (nSPS) is 21.9. The van der Waals surface area contributed by atoms with Gasteiger partial charge in [0.2, 0.25) is 0 Å². The predicted octanol–water partition coefficient (Wildman–Crippen LogP) is 2.97. The monoisotopic (exact) mass is 336 g/mol. The van der Waals surface area contributed by atoms with E-state index in [1.165, 1.54) is 18.0 Å². The minimum Gasteiger partial charge on any atom is -0.376 e. The zero-order valence-corrected chi connectivity index (χ0v) is 13.5. The molecule has 2 aromatic carbocycles. The van der Waals surface area contributed by atoms with E-state index in [0.717, 1.165) is 6.42 Å². The number of nitrogens with one attached hydrogen (secondary N) is 2. The Balaban J connectivity index is 1.72. The van der Waals surface area contributed by atoms with Crippen LogP contribution in [0.15, 0.2) is 53.6 Å². The molecule has 1 aliphatic carbocycles. The van der Waals surface area contributed by atoms with Crippen molar-refractivity contribution >= 4 is 22.3 Å². The average Bonchev–Trinajstić information content (AvgIpc) is 3.26. The molecule has 7 nitrogen and oxygen atoms in total. The van der Waals surface area contributed by atoms with E-state index in [4.69, 9.17) is 0 Å². The van der Waals surface area contributed by atoms with E-state index in [1.807, 2.05) is 18.2 Å². The van der Waals surface area contributed by atoms with Crippen LogP contribution in [0.5, 0.6) is 0 Å². The predicted molar refractivity (Wildman–Crippen MR) is 94.8 cm³/mol. The highest BCUT2D eigenvalue weighted by atomic mass is 16.6. The molecule has 0 bridgehead atoms. The summed E-state index contributed by atoms with van der Waals surface area (Å²) in [6.45, 7) is 2.13. The average molecular weight is 336 g/mol. The number of rotatable bonds is 4. The van der Waals surface area contributed by atoms with Crippen LogP contribution >= 0.6 is 0 Å². The number of aromatic nitrogens is 2. The number of nitro benzene ring substituents is 1. The molecule has 0 spiro atoms. The molecule has 1 saturated carbocycles. The van der Waals surface area contributed by atoms with E-state index in [2.05, 4.69) is 34.3 Å². The number of hydrogen-bond donors (Lipinski definition) is 2. The number of fused-ring (bicyclic) bond motifs is 1. The lowest BCUT2D eigenvalue weighted by molar-refractivity contribution is -0.383. The largest absolute Gasteiger partial charge is 0.376 e. The third kappa shape index (κ3) is 2.53. The van der Waals surface area contributed by atoms with E-state index in [1.54, 1.807) is 6.07 Å². The van der Waals surface area contributed by atoms with Gasteiger partial charge in [-0.1, -0.05) is 37.3 Å². The highest BCUT2D eigenvalue weighted by Gasteiger charge is 2.51. The zero-order valence-electron chi connectivity index (χ0n) is 13.5. The molecule has 0 aliphatic heterocycles. The van der Waals surface area contributed by atoms with Crippen LogP contribution in [-0.2, 0) is 5.41 Å². The molecule has 1 aliphatic rings. The molecule has 1 fully saturated rings. The fourth-order valence-corrected chi connectivity index (χ4v) is 3.27. The summed E-state index contributed by atoms with van der Waals surface area (Å²) in [4.78, 5) is 29.4. The van der Waals surface area contributed by atoms with Crippen molar-refractivity contribution in [3.8, 4) is 0 Å². The molecule has 2 atom stereocenters. The van der Waals surface area contributed by atoms with Crippen LogP contribution in [0.3, 0.4) is 0 Å². The highest BCUT2D eigenvalue weighted by molar-refractivity contribution is 5.86. The molecule has 2 N–H and O–H groups in total. The second kappa shape index (κ2) is 5.41. The van der Waals surface area contributed by atoms with Crippen LogP contribution in [0.2, 0.25) is 0 Å². The van der Waals surface area contributed by atoms with Gasteiger partial charge in [0.15, 0.2) is 0 Å². The van der Waals surface area contributed by atoms with Gasteiger partial charge in [-0.2, -0.15) is 0 Å². The van der Waals surface area contributed by atoms with E-state index < -0.39 is 4.92 Å². The van der Waals surface area contributed by atoms with Crippen molar-refractivity contribution in [2.75, 3.05) is 5.32 Å². The maximum absolute atomic E-state index is 11.8. The smallest absolute Gasteiger partial charge is 0.293 e. The lowest BCUT2D eigenvalue weighted by Gasteiger charge is -2.14. The Morgan fingerprint density at radius 2 is 2.08 bits per heavy atom. The van der Waals surface area contributed by atoms with Crippen molar-refractivity contribution in [1.82, 2.24) is 9.97 Å². The molecular formula is C18H16N4O3. The molecule has 1 heterocycles. The number of hydrogen-bond acceptors (Lipinski definition) is 5. The minimum absolute atomic E-state index is 0.0638. The molecule has 0 amide bonds. The number of aromatic amines is 1. The topological polar surface area (TPSA) is 101 Å². The van der Waals surface area contributed by atoms with Gasteiger partial charge in [-0.15, -0.1) is 0 Å². The fraction of sp³-hybridized carbons (Fsp3) is 0.222. The summed E-state index contributed by atoms with van der Waals surface area (Å²) in [7, 11) is 0. The maximum Gasteiger partial charge on any atom is 0.293 e. The lowest BCUT2D eigenvalue weighted by atomic mass is 9.97. The van der Waals surface area contributed by atoms with Gasteiger partial charge in [0.05, 0.1) is 22.2 Å². The molecule has 3 aromatic rings. The van der Waals surface area contributed by atoms with Crippen molar-refractivity contribution in [3.05, 3.63) is 74.8 Å². The molecule has 4 rings (SSSR count). The first-order valence-corrected chi connectivity index (χ1v) is 7.97. The van der Waals surface area contributed by atoms with Crippen molar-refractivity contribution in [2.24, 2.45) is 0 Å². The number of H-pyrrole nitrogens is 1. The van der Waals surface area contributed by atoms with Crippen molar-refractivity contribution in [3.63, 3.8) is 0 Å². The van der Waals surface area contributed by atoms with Gasteiger partial charge in [0.25, 0.3) is 11.2 Å². The van der Waals surface area contributed by atoms with Gasteiger partial charge < -0.3 is 10.3 Å². The van der Waals surface area contributed by atoms with Crippen LogP contribution in [0.4, 0.5) is 11.4 Å². The Bertz CT molecular complexity index is 1030. The summed E-state index contributed by atoms with van der Waals surface area (Å²) in [6.07, 6.45) is 2.18. The minimum atomic E-state index is -0.476. The van der Waals surface area contributed by atoms with Gasteiger partial charge in [-0.05, 0) is 18.1 Å². The second-order valence-corrected chi connectivity index (χ2v) is 6.56. The van der Waals surface area contributed by atoms with Crippen molar-refractivity contribution < 1.29 is 4.92 Å². The van der Waals surface area contributed by atoms with Gasteiger partial charge in [-0.25, -0.2) is 4.98 Å². The quantitative estimate of drug-likeness (QED) is 0.563. The summed E-state index contributed by atoms with van der Waals surface area (Å²) < 4.78 is 0. The van der Waals surface area contributed by atoms with Gasteiger partial charge in [0, 0.05) is 17.5 Å². The lowest BCUT2D eigenvalue weighted by Crippen LogP contribution is -2.16. The Hall–Kier alpha value is -3.22. The van der Waals surface area contributed by atoms with Crippen molar-refractivity contribution in [1.29, 1.82) is 0 Å². The van der Waals surface area contributed by atoms with Crippen LogP contribution in [0, 0.1) is 10.1 Å². The van der Waals surface area contributed by atoms with Crippen molar-refractivity contribution in [2.45, 2.75) is 24.8 Å². The Kier molecular flexibility index (Phi) is 3.31. The highest BCUT2D eigenvalue weighted by Crippen LogP contribution is 2.50. The third-order valence-electron chi connectivity index (χ3n) is 4.95. The Morgan fingerprint density at radius 3 is 2.80 bits per heavy atom. The third-order valence-corrected chi connectivity index (χ3v) is 4.95. The van der Waals surface area contributed by atoms with E-state index in [9.17, 15) is 14.9 Å². The second-order valence-electron chi connectivity index (χ2n) is 6.56. The van der Waals surface area contributed by atoms with Gasteiger partial charge >= 0.3 is 0 Å². The molecule has 126 valence electrons. The molecular weight excluding hydrogens is 320 g/mol. The SMILES string of the molecule is C[C@@]1(c2ccccc2)C[C@@H]1Nc1cc2nc[nH]c(=O)c2cc1[N+](=O)[O-]. The zero-order chi connectivity index (χ0) is 17.6. The maximum atomic E-state index is 11.8. The molecule has 0 saturated heterocycles. The fourth-order valence-electron chi connectivity index (χ4n) is 3.27. The first kappa shape index (κ1) is 15.3. The number of nitro groups is 1. The van der Waals surface area contributed by atoms with Crippen LogP contribution in [0.1, 0.15) is 18.9 Å². The first-order valence-electron chi connectivity index (χ1n) is 7.97. The summed E-state index contributed by atoms with van der Waals surface area (Å²) in [5.74, 6) is 0. The van der Waals surface area contributed by atoms with E-state index in [-0.39, 0.29) is 28.1 Å². The van der Waals surface area contributed by atoms with E-state index in [0.29, 0.717) is 11.2 Å².